The van der Waals surface area contributed by atoms with Gasteiger partial charge in [0.1, 0.15) is 11.2 Å². The zero-order valence-corrected chi connectivity index (χ0v) is 30.3. The van der Waals surface area contributed by atoms with E-state index in [1.54, 1.807) is 0 Å². The van der Waals surface area contributed by atoms with Gasteiger partial charge in [-0.25, -0.2) is 0 Å². The molecule has 0 unspecified atom stereocenters. The van der Waals surface area contributed by atoms with E-state index in [0.717, 1.165) is 85.3 Å². The third-order valence-corrected chi connectivity index (χ3v) is 10.7. The van der Waals surface area contributed by atoms with E-state index in [2.05, 4.69) is 216 Å². The number of furan rings is 1. The molecule has 9 aromatic rings. The van der Waals surface area contributed by atoms with Crippen LogP contribution in [0.1, 0.15) is 18.4 Å². The van der Waals surface area contributed by atoms with E-state index in [1.165, 1.54) is 16.7 Å². The maximum atomic E-state index is 6.91. The predicted octanol–water partition coefficient (Wildman–Crippen LogP) is 14.8. The van der Waals surface area contributed by atoms with Crippen molar-refractivity contribution in [1.29, 1.82) is 0 Å². The van der Waals surface area contributed by atoms with Crippen LogP contribution in [0.5, 0.6) is 0 Å². The Labute approximate surface area is 321 Å². The van der Waals surface area contributed by atoms with E-state index >= 15 is 0 Å². The molecule has 0 bridgehead atoms. The summed E-state index contributed by atoms with van der Waals surface area (Å²) in [6.07, 6.45) is 6.70. The second-order valence-electron chi connectivity index (χ2n) is 14.0. The summed E-state index contributed by atoms with van der Waals surface area (Å²) in [4.78, 5) is 4.86. The lowest BCUT2D eigenvalue weighted by Crippen LogP contribution is -2.21. The minimum Gasteiger partial charge on any atom is -0.455 e. The van der Waals surface area contributed by atoms with Crippen LogP contribution in [0.15, 0.2) is 216 Å². The van der Waals surface area contributed by atoms with Gasteiger partial charge in [-0.2, -0.15) is 0 Å². The molecule has 10 rings (SSSR count). The van der Waals surface area contributed by atoms with Crippen LogP contribution in [-0.2, 0) is 0 Å². The number of nitrogens with zero attached hydrogens (tertiary/aromatic N) is 2. The lowest BCUT2D eigenvalue weighted by molar-refractivity contribution is 0.672. The van der Waals surface area contributed by atoms with E-state index in [1.807, 2.05) is 0 Å². The molecule has 1 aliphatic rings. The van der Waals surface area contributed by atoms with Crippen molar-refractivity contribution in [1.82, 2.24) is 0 Å². The van der Waals surface area contributed by atoms with Crippen molar-refractivity contribution in [3.63, 3.8) is 0 Å². The quantitative estimate of drug-likeness (QED) is 0.157. The van der Waals surface area contributed by atoms with Gasteiger partial charge in [0.25, 0.3) is 0 Å². The highest BCUT2D eigenvalue weighted by Crippen LogP contribution is 2.52. The SMILES string of the molecule is C1=C(c2ccccc2)CCC=C1N(c1ccccc1)c1ccc2oc3c4ccccc4ccc3c2c1N(c1ccccc1)c1cccc(-c2ccccc2)c1. The van der Waals surface area contributed by atoms with Crippen molar-refractivity contribution < 1.29 is 4.42 Å². The zero-order chi connectivity index (χ0) is 36.6. The van der Waals surface area contributed by atoms with Gasteiger partial charge in [0.2, 0.25) is 0 Å². The monoisotopic (exact) mass is 706 g/mol. The maximum Gasteiger partial charge on any atom is 0.143 e. The van der Waals surface area contributed by atoms with Crippen molar-refractivity contribution in [3.8, 4) is 11.1 Å². The Morgan fingerprint density at radius 3 is 1.82 bits per heavy atom. The Morgan fingerprint density at radius 2 is 1.07 bits per heavy atom. The molecular weight excluding hydrogens is 669 g/mol. The van der Waals surface area contributed by atoms with E-state index in [9.17, 15) is 0 Å². The van der Waals surface area contributed by atoms with Crippen molar-refractivity contribution in [2.45, 2.75) is 12.8 Å². The molecule has 3 nitrogen and oxygen atoms in total. The Morgan fingerprint density at radius 1 is 0.455 bits per heavy atom. The summed E-state index contributed by atoms with van der Waals surface area (Å²) in [6.45, 7) is 0. The van der Waals surface area contributed by atoms with Crippen molar-refractivity contribution in [3.05, 3.63) is 218 Å². The molecule has 0 saturated heterocycles. The molecule has 262 valence electrons. The summed E-state index contributed by atoms with van der Waals surface area (Å²) in [5.74, 6) is 0. The summed E-state index contributed by atoms with van der Waals surface area (Å²) in [7, 11) is 0. The van der Waals surface area contributed by atoms with Crippen LogP contribution in [0.4, 0.5) is 28.4 Å². The van der Waals surface area contributed by atoms with Crippen LogP contribution in [-0.4, -0.2) is 0 Å². The summed E-state index contributed by atoms with van der Waals surface area (Å²) >= 11 is 0. The number of benzene rings is 8. The first-order valence-corrected chi connectivity index (χ1v) is 19.0. The molecule has 8 aromatic carbocycles. The highest BCUT2D eigenvalue weighted by molar-refractivity contribution is 6.22. The van der Waals surface area contributed by atoms with Crippen LogP contribution in [0.3, 0.4) is 0 Å². The molecule has 0 amide bonds. The van der Waals surface area contributed by atoms with Gasteiger partial charge >= 0.3 is 0 Å². The molecule has 0 N–H and O–H groups in total. The molecule has 0 saturated carbocycles. The van der Waals surface area contributed by atoms with Crippen molar-refractivity contribution in [2.24, 2.45) is 0 Å². The number of hydrogen-bond donors (Lipinski definition) is 0. The van der Waals surface area contributed by atoms with E-state index in [4.69, 9.17) is 4.42 Å². The molecule has 1 heterocycles. The molecule has 0 fully saturated rings. The number of anilines is 5. The minimum atomic E-state index is 0.844. The Bertz CT molecular complexity index is 2860. The number of hydrogen-bond acceptors (Lipinski definition) is 3. The molecule has 0 radical (unpaired) electrons. The van der Waals surface area contributed by atoms with E-state index < -0.39 is 0 Å². The second-order valence-corrected chi connectivity index (χ2v) is 14.0. The minimum absolute atomic E-state index is 0.844. The van der Waals surface area contributed by atoms with Crippen LogP contribution in [0.25, 0.3) is 49.4 Å². The second kappa shape index (κ2) is 14.0. The molecule has 0 spiro atoms. The van der Waals surface area contributed by atoms with Gasteiger partial charge < -0.3 is 14.2 Å². The molecule has 1 aromatic heterocycles. The van der Waals surface area contributed by atoms with Gasteiger partial charge in [0.05, 0.1) is 16.8 Å². The van der Waals surface area contributed by atoms with Crippen LogP contribution in [0.2, 0.25) is 0 Å². The Hall–Kier alpha value is -7.10. The highest BCUT2D eigenvalue weighted by Gasteiger charge is 2.28. The Kier molecular flexibility index (Phi) is 8.31. The average molecular weight is 707 g/mol. The highest BCUT2D eigenvalue weighted by atomic mass is 16.3. The molecule has 0 aliphatic heterocycles. The lowest BCUT2D eigenvalue weighted by Gasteiger charge is -2.35. The van der Waals surface area contributed by atoms with Gasteiger partial charge in [0, 0.05) is 33.5 Å². The number of rotatable bonds is 8. The van der Waals surface area contributed by atoms with Crippen molar-refractivity contribution >= 4 is 66.7 Å². The fourth-order valence-electron chi connectivity index (χ4n) is 8.14. The third-order valence-electron chi connectivity index (χ3n) is 10.7. The maximum absolute atomic E-state index is 6.91. The largest absolute Gasteiger partial charge is 0.455 e. The standard InChI is InChI=1S/C52H38N2O/c1-5-17-37(18-6-1)40-22-15-28-44(35-40)53(42-24-9-3-10-25-42)48-33-34-49-50(47-32-31-39-21-13-14-30-46(39)52(47)55-49)51(48)54(43-26-11-4-12-27-43)45-29-16-23-41(36-45)38-19-7-2-8-20-38/h1-14,16-21,23-36H,15,22H2. The van der Waals surface area contributed by atoms with Crippen LogP contribution < -0.4 is 9.80 Å². The average Bonchev–Trinajstić information content (AvgIpc) is 3.66. The molecule has 0 atom stereocenters. The third kappa shape index (κ3) is 5.97. The predicted molar refractivity (Wildman–Crippen MR) is 232 cm³/mol. The summed E-state index contributed by atoms with van der Waals surface area (Å²) in [5.41, 5.74) is 13.1. The van der Waals surface area contributed by atoms with E-state index in [-0.39, 0.29) is 0 Å². The first-order valence-electron chi connectivity index (χ1n) is 19.0. The van der Waals surface area contributed by atoms with Crippen LogP contribution in [0, 0.1) is 0 Å². The van der Waals surface area contributed by atoms with Gasteiger partial charge in [-0.1, -0.05) is 146 Å². The topological polar surface area (TPSA) is 19.6 Å². The van der Waals surface area contributed by atoms with Crippen molar-refractivity contribution in [2.75, 3.05) is 9.80 Å². The fraction of sp³-hybridized carbons (Fsp3) is 0.0385. The summed E-state index contributed by atoms with van der Waals surface area (Å²) < 4.78 is 6.91. The number of para-hydroxylation sites is 2. The normalized spacial score (nSPS) is 12.8. The van der Waals surface area contributed by atoms with Gasteiger partial charge in [-0.05, 0) is 101 Å². The zero-order valence-electron chi connectivity index (χ0n) is 30.3. The number of allylic oxidation sites excluding steroid dienone is 3. The van der Waals surface area contributed by atoms with Crippen LogP contribution >= 0.6 is 0 Å². The molecule has 55 heavy (non-hydrogen) atoms. The van der Waals surface area contributed by atoms with Gasteiger partial charge in [-0.3, -0.25) is 0 Å². The van der Waals surface area contributed by atoms with Gasteiger partial charge in [0.15, 0.2) is 0 Å². The van der Waals surface area contributed by atoms with E-state index in [0.29, 0.717) is 0 Å². The fourth-order valence-corrected chi connectivity index (χ4v) is 8.14. The van der Waals surface area contributed by atoms with Gasteiger partial charge in [-0.15, -0.1) is 0 Å². The molecule has 1 aliphatic carbocycles. The smallest absolute Gasteiger partial charge is 0.143 e. The lowest BCUT2D eigenvalue weighted by atomic mass is 9.95. The molecular formula is C52H38N2O. The summed E-state index contributed by atoms with van der Waals surface area (Å²) in [6, 6.07) is 69.2. The first kappa shape index (κ1) is 32.5. The summed E-state index contributed by atoms with van der Waals surface area (Å²) in [5, 5.41) is 4.41. The first-order chi connectivity index (χ1) is 27.3. The Balaban J connectivity index is 1.31. The number of fused-ring (bicyclic) bond motifs is 5. The molecule has 3 heteroatoms.